The molecule has 1 aliphatic carbocycles. The van der Waals surface area contributed by atoms with Gasteiger partial charge in [0, 0.05) is 18.1 Å². The van der Waals surface area contributed by atoms with Crippen molar-refractivity contribution < 1.29 is 4.39 Å². The Morgan fingerprint density at radius 1 is 1.35 bits per heavy atom. The van der Waals surface area contributed by atoms with Crippen molar-refractivity contribution >= 4 is 11.0 Å². The SMILES string of the molecule is Cn1c(C2(N)CCCC2)cc2cc(F)cnc21. The molecule has 17 heavy (non-hydrogen) atoms. The van der Waals surface area contributed by atoms with Gasteiger partial charge in [-0.3, -0.25) is 0 Å². The summed E-state index contributed by atoms with van der Waals surface area (Å²) in [5.74, 6) is -0.299. The van der Waals surface area contributed by atoms with E-state index in [1.165, 1.54) is 25.1 Å². The summed E-state index contributed by atoms with van der Waals surface area (Å²) >= 11 is 0. The van der Waals surface area contributed by atoms with Crippen molar-refractivity contribution in [1.29, 1.82) is 0 Å². The Morgan fingerprint density at radius 2 is 2.06 bits per heavy atom. The zero-order valence-corrected chi connectivity index (χ0v) is 9.91. The molecule has 0 atom stereocenters. The first kappa shape index (κ1) is 10.7. The molecular weight excluding hydrogens is 217 g/mol. The molecule has 2 aromatic heterocycles. The van der Waals surface area contributed by atoms with E-state index in [4.69, 9.17) is 5.73 Å². The summed E-state index contributed by atoms with van der Waals surface area (Å²) < 4.78 is 15.1. The lowest BCUT2D eigenvalue weighted by molar-refractivity contribution is 0.434. The van der Waals surface area contributed by atoms with Gasteiger partial charge in [0.2, 0.25) is 0 Å². The van der Waals surface area contributed by atoms with Gasteiger partial charge in [-0.25, -0.2) is 9.37 Å². The Kier molecular flexibility index (Phi) is 2.23. The van der Waals surface area contributed by atoms with E-state index in [-0.39, 0.29) is 11.4 Å². The van der Waals surface area contributed by atoms with Crippen LogP contribution >= 0.6 is 0 Å². The molecule has 1 saturated carbocycles. The average molecular weight is 233 g/mol. The molecular formula is C13H16FN3. The smallest absolute Gasteiger partial charge is 0.142 e. The lowest BCUT2D eigenvalue weighted by Gasteiger charge is -2.24. The van der Waals surface area contributed by atoms with E-state index in [1.807, 2.05) is 17.7 Å². The summed E-state index contributed by atoms with van der Waals surface area (Å²) in [5.41, 5.74) is 8.06. The Hall–Kier alpha value is -1.42. The maximum atomic E-state index is 13.1. The first-order valence-electron chi connectivity index (χ1n) is 6.00. The van der Waals surface area contributed by atoms with Gasteiger partial charge in [0.15, 0.2) is 0 Å². The highest BCUT2D eigenvalue weighted by Gasteiger charge is 2.34. The third-order valence-corrected chi connectivity index (χ3v) is 3.84. The molecule has 0 bridgehead atoms. The van der Waals surface area contributed by atoms with Crippen LogP contribution in [-0.2, 0) is 12.6 Å². The third-order valence-electron chi connectivity index (χ3n) is 3.84. The number of pyridine rings is 1. The van der Waals surface area contributed by atoms with Crippen LogP contribution in [0.2, 0.25) is 0 Å². The van der Waals surface area contributed by atoms with Crippen LogP contribution in [0.25, 0.3) is 11.0 Å². The molecule has 90 valence electrons. The van der Waals surface area contributed by atoms with Crippen molar-refractivity contribution in [3.05, 3.63) is 29.8 Å². The summed E-state index contributed by atoms with van der Waals surface area (Å²) in [5, 5.41) is 0.833. The van der Waals surface area contributed by atoms with Crippen molar-refractivity contribution in [3.63, 3.8) is 0 Å². The van der Waals surface area contributed by atoms with E-state index >= 15 is 0 Å². The fourth-order valence-electron chi connectivity index (χ4n) is 2.93. The number of nitrogens with zero attached hydrogens (tertiary/aromatic N) is 2. The van der Waals surface area contributed by atoms with Crippen molar-refractivity contribution in [3.8, 4) is 0 Å². The minimum atomic E-state index is -0.299. The van der Waals surface area contributed by atoms with E-state index < -0.39 is 0 Å². The monoisotopic (exact) mass is 233 g/mol. The van der Waals surface area contributed by atoms with Gasteiger partial charge in [0.25, 0.3) is 0 Å². The highest BCUT2D eigenvalue weighted by atomic mass is 19.1. The summed E-state index contributed by atoms with van der Waals surface area (Å²) in [4.78, 5) is 4.14. The normalized spacial score (nSPS) is 19.0. The number of nitrogens with two attached hydrogens (primary N) is 1. The highest BCUT2D eigenvalue weighted by molar-refractivity contribution is 5.77. The zero-order valence-electron chi connectivity index (χ0n) is 9.91. The van der Waals surface area contributed by atoms with Crippen LogP contribution in [0.15, 0.2) is 18.3 Å². The van der Waals surface area contributed by atoms with Gasteiger partial charge in [-0.05, 0) is 25.0 Å². The predicted molar refractivity (Wildman–Crippen MR) is 65.0 cm³/mol. The molecule has 0 aromatic carbocycles. The first-order valence-corrected chi connectivity index (χ1v) is 6.00. The van der Waals surface area contributed by atoms with Crippen LogP contribution < -0.4 is 5.73 Å². The van der Waals surface area contributed by atoms with Crippen LogP contribution in [-0.4, -0.2) is 9.55 Å². The van der Waals surface area contributed by atoms with Gasteiger partial charge in [-0.15, -0.1) is 0 Å². The second-order valence-electron chi connectivity index (χ2n) is 5.02. The topological polar surface area (TPSA) is 43.8 Å². The van der Waals surface area contributed by atoms with Gasteiger partial charge in [0.1, 0.15) is 11.5 Å². The van der Waals surface area contributed by atoms with Crippen molar-refractivity contribution in [2.45, 2.75) is 31.2 Å². The van der Waals surface area contributed by atoms with Gasteiger partial charge in [-0.2, -0.15) is 0 Å². The Bertz CT molecular complexity index is 567. The fraction of sp³-hybridized carbons (Fsp3) is 0.462. The Morgan fingerprint density at radius 3 is 2.76 bits per heavy atom. The maximum absolute atomic E-state index is 13.1. The summed E-state index contributed by atoms with van der Waals surface area (Å²) in [7, 11) is 1.95. The second-order valence-corrected chi connectivity index (χ2v) is 5.02. The molecule has 0 radical (unpaired) electrons. The molecule has 0 amide bonds. The number of halogens is 1. The minimum Gasteiger partial charge on any atom is -0.331 e. The van der Waals surface area contributed by atoms with Crippen molar-refractivity contribution in [2.24, 2.45) is 12.8 Å². The lowest BCUT2D eigenvalue weighted by Crippen LogP contribution is -2.35. The molecule has 2 heterocycles. The number of aryl methyl sites for hydroxylation is 1. The molecule has 3 rings (SSSR count). The van der Waals surface area contributed by atoms with Crippen LogP contribution in [0.1, 0.15) is 31.4 Å². The molecule has 3 nitrogen and oxygen atoms in total. The van der Waals surface area contributed by atoms with E-state index in [1.54, 1.807) is 0 Å². The Balaban J connectivity index is 2.20. The highest BCUT2D eigenvalue weighted by Crippen LogP contribution is 2.38. The fourth-order valence-corrected chi connectivity index (χ4v) is 2.93. The van der Waals surface area contributed by atoms with Crippen molar-refractivity contribution in [2.75, 3.05) is 0 Å². The lowest BCUT2D eigenvalue weighted by atomic mass is 9.94. The number of hydrogen-bond donors (Lipinski definition) is 1. The van der Waals surface area contributed by atoms with Crippen LogP contribution in [0, 0.1) is 5.82 Å². The van der Waals surface area contributed by atoms with Crippen LogP contribution in [0.4, 0.5) is 4.39 Å². The average Bonchev–Trinajstić information content (AvgIpc) is 2.85. The largest absolute Gasteiger partial charge is 0.331 e. The van der Waals surface area contributed by atoms with Crippen LogP contribution in [0.5, 0.6) is 0 Å². The summed E-state index contributed by atoms with van der Waals surface area (Å²) in [6.45, 7) is 0. The summed E-state index contributed by atoms with van der Waals surface area (Å²) in [6, 6.07) is 3.50. The maximum Gasteiger partial charge on any atom is 0.142 e. The van der Waals surface area contributed by atoms with E-state index in [0.29, 0.717) is 0 Å². The van der Waals surface area contributed by atoms with Gasteiger partial charge >= 0.3 is 0 Å². The van der Waals surface area contributed by atoms with E-state index in [9.17, 15) is 4.39 Å². The molecule has 1 aliphatic rings. The number of hydrogen-bond acceptors (Lipinski definition) is 2. The van der Waals surface area contributed by atoms with Crippen LogP contribution in [0.3, 0.4) is 0 Å². The molecule has 0 saturated heterocycles. The number of aromatic nitrogens is 2. The molecule has 1 fully saturated rings. The van der Waals surface area contributed by atoms with E-state index in [0.717, 1.165) is 29.6 Å². The number of rotatable bonds is 1. The standard InChI is InChI=1S/C13H16FN3/c1-17-11(13(15)4-2-3-5-13)7-9-6-10(14)8-16-12(9)17/h6-8H,2-5,15H2,1H3. The Labute approximate surface area is 99.4 Å². The second kappa shape index (κ2) is 3.53. The van der Waals surface area contributed by atoms with Gasteiger partial charge in [0.05, 0.1) is 11.7 Å². The van der Waals surface area contributed by atoms with Gasteiger partial charge in [-0.1, -0.05) is 12.8 Å². The molecule has 0 aliphatic heterocycles. The predicted octanol–water partition coefficient (Wildman–Crippen LogP) is 2.44. The first-order chi connectivity index (χ1) is 8.10. The molecule has 2 N–H and O–H groups in total. The minimum absolute atomic E-state index is 0.258. The third kappa shape index (κ3) is 1.55. The van der Waals surface area contributed by atoms with Gasteiger partial charge < -0.3 is 10.3 Å². The van der Waals surface area contributed by atoms with E-state index in [2.05, 4.69) is 4.98 Å². The van der Waals surface area contributed by atoms with Crippen molar-refractivity contribution in [1.82, 2.24) is 9.55 Å². The molecule has 4 heteroatoms. The molecule has 0 spiro atoms. The number of fused-ring (bicyclic) bond motifs is 1. The molecule has 0 unspecified atom stereocenters. The summed E-state index contributed by atoms with van der Waals surface area (Å²) in [6.07, 6.45) is 5.59. The quantitative estimate of drug-likeness (QED) is 0.822. The molecule has 2 aromatic rings. The zero-order chi connectivity index (χ0) is 12.0.